The predicted octanol–water partition coefficient (Wildman–Crippen LogP) is 5.09. The normalized spacial score (nSPS) is 11.0. The van der Waals surface area contributed by atoms with Crippen molar-refractivity contribution in [1.82, 2.24) is 4.57 Å². The smallest absolute Gasteiger partial charge is 0.222 e. The van der Waals surface area contributed by atoms with Gasteiger partial charge in [-0.05, 0) is 54.4 Å². The maximum absolute atomic E-state index is 11.2. The fraction of sp³-hybridized carbons (Fsp3) is 0.222. The van der Waals surface area contributed by atoms with Crippen molar-refractivity contribution < 1.29 is 9.84 Å². The van der Waals surface area contributed by atoms with Crippen LogP contribution in [0.15, 0.2) is 41.6 Å². The number of aromatic hydroxyl groups is 1. The molecule has 0 aliphatic rings. The summed E-state index contributed by atoms with van der Waals surface area (Å²) in [5, 5.41) is 14.7. The number of rotatable bonds is 5. The van der Waals surface area contributed by atoms with E-state index in [0.717, 1.165) is 16.6 Å². The zero-order valence-electron chi connectivity index (χ0n) is 13.4. The Morgan fingerprint density at radius 3 is 2.46 bits per heavy atom. The number of halogens is 1. The molecule has 0 saturated heterocycles. The van der Waals surface area contributed by atoms with Crippen LogP contribution in [0.3, 0.4) is 0 Å². The lowest BCUT2D eigenvalue weighted by molar-refractivity contribution is 0.290. The SMILES string of the molecule is Cc1ccc(C)c2c1c(N=O)c(O)n2CCOc1ccc(Cl)cc1. The molecule has 6 heteroatoms. The minimum Gasteiger partial charge on any atom is -0.493 e. The van der Waals surface area contributed by atoms with Crippen LogP contribution in [0.5, 0.6) is 11.6 Å². The van der Waals surface area contributed by atoms with Crippen molar-refractivity contribution in [2.75, 3.05) is 6.61 Å². The molecule has 2 aromatic carbocycles. The van der Waals surface area contributed by atoms with Gasteiger partial charge in [0.1, 0.15) is 12.4 Å². The number of nitrogens with zero attached hydrogens (tertiary/aromatic N) is 2. The van der Waals surface area contributed by atoms with Gasteiger partial charge in [0.25, 0.3) is 0 Å². The molecule has 0 atom stereocenters. The highest BCUT2D eigenvalue weighted by Crippen LogP contribution is 2.41. The van der Waals surface area contributed by atoms with Gasteiger partial charge < -0.3 is 14.4 Å². The second-order valence-corrected chi connectivity index (χ2v) is 6.08. The zero-order valence-corrected chi connectivity index (χ0v) is 14.2. The van der Waals surface area contributed by atoms with Gasteiger partial charge in [0.2, 0.25) is 5.88 Å². The number of aromatic nitrogens is 1. The summed E-state index contributed by atoms with van der Waals surface area (Å²) in [6, 6.07) is 10.9. The van der Waals surface area contributed by atoms with E-state index in [9.17, 15) is 10.0 Å². The Morgan fingerprint density at radius 1 is 1.12 bits per heavy atom. The zero-order chi connectivity index (χ0) is 17.3. The molecule has 0 amide bonds. The Kier molecular flexibility index (Phi) is 4.44. The third-order valence-electron chi connectivity index (χ3n) is 4.05. The van der Waals surface area contributed by atoms with Gasteiger partial charge in [-0.3, -0.25) is 0 Å². The first-order valence-electron chi connectivity index (χ1n) is 7.56. The van der Waals surface area contributed by atoms with Crippen LogP contribution >= 0.6 is 11.6 Å². The van der Waals surface area contributed by atoms with Crippen LogP contribution in [-0.2, 0) is 6.54 Å². The molecular formula is C18H17ClN2O3. The highest BCUT2D eigenvalue weighted by molar-refractivity contribution is 6.30. The number of aryl methyl sites for hydroxylation is 2. The lowest BCUT2D eigenvalue weighted by Crippen LogP contribution is -2.08. The maximum atomic E-state index is 11.2. The Hall–Kier alpha value is -2.53. The van der Waals surface area contributed by atoms with E-state index >= 15 is 0 Å². The first-order chi connectivity index (χ1) is 11.5. The van der Waals surface area contributed by atoms with Crippen LogP contribution in [0.4, 0.5) is 5.69 Å². The molecule has 0 unspecified atom stereocenters. The highest BCUT2D eigenvalue weighted by Gasteiger charge is 2.20. The predicted molar refractivity (Wildman–Crippen MR) is 95.5 cm³/mol. The van der Waals surface area contributed by atoms with E-state index in [-0.39, 0.29) is 11.6 Å². The minimum absolute atomic E-state index is 0.0812. The molecular weight excluding hydrogens is 328 g/mol. The topological polar surface area (TPSA) is 63.8 Å². The Balaban J connectivity index is 1.91. The van der Waals surface area contributed by atoms with Crippen molar-refractivity contribution in [3.05, 3.63) is 57.5 Å². The Labute approximate surface area is 144 Å². The summed E-state index contributed by atoms with van der Waals surface area (Å²) in [5.41, 5.74) is 2.75. The molecule has 1 heterocycles. The first kappa shape index (κ1) is 16.3. The molecule has 1 aromatic heterocycles. The quantitative estimate of drug-likeness (QED) is 0.655. The molecule has 0 aliphatic carbocycles. The number of ether oxygens (including phenoxy) is 1. The van der Waals surface area contributed by atoms with Gasteiger partial charge >= 0.3 is 0 Å². The van der Waals surface area contributed by atoms with Crippen molar-refractivity contribution in [3.63, 3.8) is 0 Å². The highest BCUT2D eigenvalue weighted by atomic mass is 35.5. The van der Waals surface area contributed by atoms with Gasteiger partial charge in [0.05, 0.1) is 12.1 Å². The van der Waals surface area contributed by atoms with Crippen molar-refractivity contribution in [2.24, 2.45) is 5.18 Å². The Morgan fingerprint density at radius 2 is 1.79 bits per heavy atom. The van der Waals surface area contributed by atoms with Crippen LogP contribution in [-0.4, -0.2) is 16.3 Å². The third-order valence-corrected chi connectivity index (χ3v) is 4.30. The average molecular weight is 345 g/mol. The second-order valence-electron chi connectivity index (χ2n) is 5.64. The van der Waals surface area contributed by atoms with Crippen LogP contribution in [0.2, 0.25) is 5.02 Å². The lowest BCUT2D eigenvalue weighted by Gasteiger charge is -2.11. The van der Waals surface area contributed by atoms with E-state index in [1.54, 1.807) is 28.8 Å². The molecule has 0 saturated carbocycles. The number of nitroso groups, excluding NO2 is 1. The number of hydrogen-bond acceptors (Lipinski definition) is 4. The van der Waals surface area contributed by atoms with E-state index in [0.29, 0.717) is 29.3 Å². The van der Waals surface area contributed by atoms with Crippen molar-refractivity contribution in [3.8, 4) is 11.6 Å². The molecule has 0 aliphatic heterocycles. The summed E-state index contributed by atoms with van der Waals surface area (Å²) in [6.45, 7) is 4.56. The molecule has 124 valence electrons. The average Bonchev–Trinajstić information content (AvgIpc) is 2.86. The summed E-state index contributed by atoms with van der Waals surface area (Å²) in [5.74, 6) is 0.564. The maximum Gasteiger partial charge on any atom is 0.222 e. The van der Waals surface area contributed by atoms with Gasteiger partial charge in [0, 0.05) is 10.4 Å². The third kappa shape index (κ3) is 2.83. The van der Waals surface area contributed by atoms with Gasteiger partial charge in [-0.25, -0.2) is 0 Å². The monoisotopic (exact) mass is 344 g/mol. The number of benzene rings is 2. The number of fused-ring (bicyclic) bond motifs is 1. The van der Waals surface area contributed by atoms with Gasteiger partial charge in [0.15, 0.2) is 5.69 Å². The van der Waals surface area contributed by atoms with Crippen LogP contribution in [0, 0.1) is 18.8 Å². The first-order valence-corrected chi connectivity index (χ1v) is 7.94. The van der Waals surface area contributed by atoms with Crippen molar-refractivity contribution in [1.29, 1.82) is 0 Å². The summed E-state index contributed by atoms with van der Waals surface area (Å²) in [6.07, 6.45) is 0. The van der Waals surface area contributed by atoms with Crippen molar-refractivity contribution in [2.45, 2.75) is 20.4 Å². The van der Waals surface area contributed by atoms with Gasteiger partial charge in [-0.1, -0.05) is 23.7 Å². The second kappa shape index (κ2) is 6.53. The summed E-state index contributed by atoms with van der Waals surface area (Å²) in [4.78, 5) is 11.2. The summed E-state index contributed by atoms with van der Waals surface area (Å²) in [7, 11) is 0. The fourth-order valence-corrected chi connectivity index (χ4v) is 3.00. The van der Waals surface area contributed by atoms with Gasteiger partial charge in [-0.15, -0.1) is 4.91 Å². The van der Waals surface area contributed by atoms with Gasteiger partial charge in [-0.2, -0.15) is 0 Å². The summed E-state index contributed by atoms with van der Waals surface area (Å²) >= 11 is 5.85. The van der Waals surface area contributed by atoms with E-state index in [1.165, 1.54) is 0 Å². The standard InChI is InChI=1S/C18H17ClN2O3/c1-11-3-4-12(2)17-15(11)16(20-23)18(22)21(17)9-10-24-14-7-5-13(19)6-8-14/h3-8,22H,9-10H2,1-2H3. The van der Waals surface area contributed by atoms with Crippen LogP contribution in [0.1, 0.15) is 11.1 Å². The molecule has 0 fully saturated rings. The fourth-order valence-electron chi connectivity index (χ4n) is 2.88. The van der Waals surface area contributed by atoms with Crippen LogP contribution in [0.25, 0.3) is 10.9 Å². The molecule has 3 aromatic rings. The van der Waals surface area contributed by atoms with E-state index in [4.69, 9.17) is 16.3 Å². The Bertz CT molecular complexity index is 901. The molecule has 0 bridgehead atoms. The number of hydrogen-bond donors (Lipinski definition) is 1. The lowest BCUT2D eigenvalue weighted by atomic mass is 10.1. The van der Waals surface area contributed by atoms with Crippen LogP contribution < -0.4 is 4.74 Å². The van der Waals surface area contributed by atoms with Crippen molar-refractivity contribution >= 4 is 28.2 Å². The largest absolute Gasteiger partial charge is 0.493 e. The molecule has 0 radical (unpaired) electrons. The van der Waals surface area contributed by atoms with E-state index in [1.807, 2.05) is 26.0 Å². The molecule has 3 rings (SSSR count). The van der Waals surface area contributed by atoms with E-state index in [2.05, 4.69) is 5.18 Å². The molecule has 24 heavy (non-hydrogen) atoms. The molecule has 0 spiro atoms. The summed E-state index contributed by atoms with van der Waals surface area (Å²) < 4.78 is 7.35. The van der Waals surface area contributed by atoms with E-state index < -0.39 is 0 Å². The molecule has 1 N–H and O–H groups in total. The molecule has 5 nitrogen and oxygen atoms in total. The minimum atomic E-state index is -0.128.